The summed E-state index contributed by atoms with van der Waals surface area (Å²) in [5, 5.41) is 9.09. The van der Waals surface area contributed by atoms with Crippen molar-refractivity contribution in [2.75, 3.05) is 19.7 Å². The summed E-state index contributed by atoms with van der Waals surface area (Å²) >= 11 is 1.54. The van der Waals surface area contributed by atoms with Crippen molar-refractivity contribution in [3.8, 4) is 0 Å². The molecule has 1 atom stereocenters. The molecule has 6 nitrogen and oxygen atoms in total. The number of hydrogen-bond donors (Lipinski definition) is 0. The molecule has 0 aliphatic carbocycles. The van der Waals surface area contributed by atoms with Crippen molar-refractivity contribution < 1.29 is 9.53 Å². The van der Waals surface area contributed by atoms with Crippen molar-refractivity contribution in [1.29, 1.82) is 0 Å². The van der Waals surface area contributed by atoms with E-state index in [2.05, 4.69) is 10.2 Å². The fraction of sp³-hybridized carbons (Fsp3) is 0.312. The number of benzene rings is 1. The molecule has 0 bridgehead atoms. The Morgan fingerprint density at radius 3 is 3.04 bits per heavy atom. The van der Waals surface area contributed by atoms with Gasteiger partial charge < -0.3 is 14.2 Å². The fourth-order valence-corrected chi connectivity index (χ4v) is 3.85. The average Bonchev–Trinajstić information content (AvgIpc) is 3.20. The van der Waals surface area contributed by atoms with E-state index in [9.17, 15) is 4.79 Å². The summed E-state index contributed by atoms with van der Waals surface area (Å²) in [6, 6.07) is 10.0. The van der Waals surface area contributed by atoms with Crippen LogP contribution in [0.3, 0.4) is 0 Å². The van der Waals surface area contributed by atoms with E-state index in [0.29, 0.717) is 19.7 Å². The molecule has 1 aromatic carbocycles. The molecule has 118 valence electrons. The SMILES string of the molecule is Cn1cnnc1[C@@H]1CN(C(=O)c2cc3ccccc3s2)CCO1. The minimum Gasteiger partial charge on any atom is -0.366 e. The van der Waals surface area contributed by atoms with Gasteiger partial charge in [-0.25, -0.2) is 0 Å². The fourth-order valence-electron chi connectivity index (χ4n) is 2.82. The zero-order chi connectivity index (χ0) is 15.8. The highest BCUT2D eigenvalue weighted by Gasteiger charge is 2.29. The molecule has 1 saturated heterocycles. The van der Waals surface area contributed by atoms with Crippen LogP contribution in [0.25, 0.3) is 10.1 Å². The lowest BCUT2D eigenvalue weighted by molar-refractivity contribution is -0.0279. The number of carbonyl (C=O) groups excluding carboxylic acids is 1. The van der Waals surface area contributed by atoms with Gasteiger partial charge in [-0.15, -0.1) is 21.5 Å². The number of nitrogens with zero attached hydrogens (tertiary/aromatic N) is 4. The molecule has 3 aromatic rings. The lowest BCUT2D eigenvalue weighted by Crippen LogP contribution is -2.42. The number of carbonyl (C=O) groups is 1. The zero-order valence-electron chi connectivity index (χ0n) is 12.7. The number of aromatic nitrogens is 3. The Morgan fingerprint density at radius 2 is 2.26 bits per heavy atom. The van der Waals surface area contributed by atoms with Gasteiger partial charge in [0.25, 0.3) is 5.91 Å². The number of rotatable bonds is 2. The summed E-state index contributed by atoms with van der Waals surface area (Å²) in [5.41, 5.74) is 0. The molecule has 1 aliphatic heterocycles. The van der Waals surface area contributed by atoms with Gasteiger partial charge in [-0.3, -0.25) is 4.79 Å². The molecule has 4 rings (SSSR count). The van der Waals surface area contributed by atoms with Crippen LogP contribution < -0.4 is 0 Å². The van der Waals surface area contributed by atoms with Gasteiger partial charge in [0.1, 0.15) is 12.4 Å². The maximum atomic E-state index is 12.8. The standard InChI is InChI=1S/C16H16N4O2S/c1-19-10-17-18-15(19)12-9-20(6-7-22-12)16(21)14-8-11-4-2-3-5-13(11)23-14/h2-5,8,10,12H,6-7,9H2,1H3/t12-/m0/s1. The Kier molecular flexibility index (Phi) is 3.59. The summed E-state index contributed by atoms with van der Waals surface area (Å²) in [6.45, 7) is 1.61. The first-order valence-corrected chi connectivity index (χ1v) is 8.27. The first-order chi connectivity index (χ1) is 11.2. The van der Waals surface area contributed by atoms with Crippen LogP contribution in [-0.2, 0) is 11.8 Å². The maximum absolute atomic E-state index is 12.8. The Labute approximate surface area is 137 Å². The highest BCUT2D eigenvalue weighted by molar-refractivity contribution is 7.20. The normalized spacial score (nSPS) is 18.5. The second-order valence-electron chi connectivity index (χ2n) is 5.56. The Hall–Kier alpha value is -2.25. The molecule has 1 fully saturated rings. The summed E-state index contributed by atoms with van der Waals surface area (Å²) in [5.74, 6) is 0.806. The van der Waals surface area contributed by atoms with Crippen LogP contribution >= 0.6 is 11.3 Å². The monoisotopic (exact) mass is 328 g/mol. The van der Waals surface area contributed by atoms with E-state index in [0.717, 1.165) is 20.8 Å². The second-order valence-corrected chi connectivity index (χ2v) is 6.64. The Bertz CT molecular complexity index is 824. The van der Waals surface area contributed by atoms with Gasteiger partial charge in [-0.2, -0.15) is 0 Å². The third kappa shape index (κ3) is 2.62. The summed E-state index contributed by atoms with van der Waals surface area (Å²) in [6.07, 6.45) is 1.42. The van der Waals surface area contributed by atoms with Crippen LogP contribution in [0.15, 0.2) is 36.7 Å². The minimum atomic E-state index is -0.227. The molecular formula is C16H16N4O2S. The Morgan fingerprint density at radius 1 is 1.39 bits per heavy atom. The molecule has 0 saturated carbocycles. The van der Waals surface area contributed by atoms with Gasteiger partial charge in [0, 0.05) is 18.3 Å². The van der Waals surface area contributed by atoms with E-state index < -0.39 is 0 Å². The van der Waals surface area contributed by atoms with Crippen LogP contribution in [0.1, 0.15) is 21.6 Å². The molecule has 0 spiro atoms. The van der Waals surface area contributed by atoms with E-state index in [1.807, 2.05) is 46.8 Å². The van der Waals surface area contributed by atoms with Gasteiger partial charge in [0.2, 0.25) is 0 Å². The van der Waals surface area contributed by atoms with Gasteiger partial charge in [0.15, 0.2) is 5.82 Å². The highest BCUT2D eigenvalue weighted by atomic mass is 32.1. The van der Waals surface area contributed by atoms with E-state index in [1.54, 1.807) is 6.33 Å². The summed E-state index contributed by atoms with van der Waals surface area (Å²) in [7, 11) is 1.88. The number of thiophene rings is 1. The molecule has 23 heavy (non-hydrogen) atoms. The number of hydrogen-bond acceptors (Lipinski definition) is 5. The predicted octanol–water partition coefficient (Wildman–Crippen LogP) is 2.24. The minimum absolute atomic E-state index is 0.0571. The van der Waals surface area contributed by atoms with E-state index >= 15 is 0 Å². The van der Waals surface area contributed by atoms with Crippen molar-refractivity contribution >= 4 is 27.3 Å². The van der Waals surface area contributed by atoms with Crippen LogP contribution in [0.4, 0.5) is 0 Å². The van der Waals surface area contributed by atoms with E-state index in [1.165, 1.54) is 11.3 Å². The topological polar surface area (TPSA) is 60.2 Å². The first kappa shape index (κ1) is 14.3. The van der Waals surface area contributed by atoms with Crippen molar-refractivity contribution in [3.05, 3.63) is 47.4 Å². The number of aryl methyl sites for hydroxylation is 1. The quantitative estimate of drug-likeness (QED) is 0.724. The lowest BCUT2D eigenvalue weighted by atomic mass is 10.2. The van der Waals surface area contributed by atoms with Crippen LogP contribution in [-0.4, -0.2) is 45.3 Å². The Balaban J connectivity index is 1.57. The zero-order valence-corrected chi connectivity index (χ0v) is 13.5. The summed E-state index contributed by atoms with van der Waals surface area (Å²) in [4.78, 5) is 15.4. The van der Waals surface area contributed by atoms with Crippen LogP contribution in [0, 0.1) is 0 Å². The predicted molar refractivity (Wildman–Crippen MR) is 87.4 cm³/mol. The molecule has 7 heteroatoms. The molecule has 1 aliphatic rings. The first-order valence-electron chi connectivity index (χ1n) is 7.46. The average molecular weight is 328 g/mol. The molecule has 2 aromatic heterocycles. The smallest absolute Gasteiger partial charge is 0.264 e. The second kappa shape index (κ2) is 5.75. The van der Waals surface area contributed by atoms with Crippen molar-refractivity contribution in [2.45, 2.75) is 6.10 Å². The van der Waals surface area contributed by atoms with E-state index in [4.69, 9.17) is 4.74 Å². The van der Waals surface area contributed by atoms with Crippen LogP contribution in [0.5, 0.6) is 0 Å². The van der Waals surface area contributed by atoms with Gasteiger partial charge in [-0.1, -0.05) is 18.2 Å². The molecule has 1 amide bonds. The molecular weight excluding hydrogens is 312 g/mol. The number of fused-ring (bicyclic) bond motifs is 1. The third-order valence-electron chi connectivity index (χ3n) is 4.02. The maximum Gasteiger partial charge on any atom is 0.264 e. The van der Waals surface area contributed by atoms with Crippen molar-refractivity contribution in [3.63, 3.8) is 0 Å². The van der Waals surface area contributed by atoms with Gasteiger partial charge in [-0.05, 0) is 17.5 Å². The van der Waals surface area contributed by atoms with E-state index in [-0.39, 0.29) is 12.0 Å². The number of morpholine rings is 1. The number of amides is 1. The largest absolute Gasteiger partial charge is 0.366 e. The summed E-state index contributed by atoms with van der Waals surface area (Å²) < 4.78 is 8.73. The molecule has 0 unspecified atom stereocenters. The van der Waals surface area contributed by atoms with Crippen LogP contribution in [0.2, 0.25) is 0 Å². The number of ether oxygens (including phenoxy) is 1. The highest BCUT2D eigenvalue weighted by Crippen LogP contribution is 2.28. The van der Waals surface area contributed by atoms with Gasteiger partial charge >= 0.3 is 0 Å². The molecule has 3 heterocycles. The van der Waals surface area contributed by atoms with Gasteiger partial charge in [0.05, 0.1) is 18.0 Å². The molecule has 0 radical (unpaired) electrons. The lowest BCUT2D eigenvalue weighted by Gasteiger charge is -2.32. The molecule has 0 N–H and O–H groups in total. The van der Waals surface area contributed by atoms with Crippen molar-refractivity contribution in [2.24, 2.45) is 7.05 Å². The third-order valence-corrected chi connectivity index (χ3v) is 5.13. The van der Waals surface area contributed by atoms with Crippen molar-refractivity contribution in [1.82, 2.24) is 19.7 Å².